The number of fused-ring (bicyclic) bond motifs is 1. The van der Waals surface area contributed by atoms with Crippen LogP contribution < -0.4 is 0 Å². The summed E-state index contributed by atoms with van der Waals surface area (Å²) in [6, 6.07) is 8.12. The number of hydrogen-bond donors (Lipinski definition) is 0. The van der Waals surface area contributed by atoms with Crippen molar-refractivity contribution in [3.63, 3.8) is 0 Å². The largest absolute Gasteiger partial charge is 0.342 e. The zero-order valence-corrected chi connectivity index (χ0v) is 11.3. The maximum atomic E-state index is 11.5. The molecule has 0 saturated carbocycles. The van der Waals surface area contributed by atoms with Gasteiger partial charge in [-0.1, -0.05) is 12.1 Å². The van der Waals surface area contributed by atoms with E-state index in [4.69, 9.17) is 11.6 Å². The van der Waals surface area contributed by atoms with Crippen molar-refractivity contribution >= 4 is 28.5 Å². The first kappa shape index (κ1) is 12.4. The van der Waals surface area contributed by atoms with Crippen LogP contribution in [-0.2, 0) is 4.79 Å². The smallest absolute Gasteiger partial charge is 0.237 e. The standard InChI is InChI=1S/C13H15ClN4O/c14-9-13(19)17-7-5-10(6-8-17)18-15-11-3-1-2-4-12(11)16-18/h1-4,10H,5-9H2. The van der Waals surface area contributed by atoms with Gasteiger partial charge in [-0.25, -0.2) is 0 Å². The van der Waals surface area contributed by atoms with E-state index in [2.05, 4.69) is 10.2 Å². The Hall–Kier alpha value is -1.62. The number of benzene rings is 1. The number of alkyl halides is 1. The molecule has 1 aromatic carbocycles. The lowest BCUT2D eigenvalue weighted by Crippen LogP contribution is -2.40. The molecule has 19 heavy (non-hydrogen) atoms. The molecule has 3 rings (SSSR count). The van der Waals surface area contributed by atoms with Gasteiger partial charge in [0, 0.05) is 13.1 Å². The summed E-state index contributed by atoms with van der Waals surface area (Å²) in [5, 5.41) is 9.00. The van der Waals surface area contributed by atoms with Gasteiger partial charge in [0.2, 0.25) is 5.91 Å². The van der Waals surface area contributed by atoms with Gasteiger partial charge in [-0.15, -0.1) is 11.6 Å². The third-order valence-corrected chi connectivity index (χ3v) is 3.79. The number of halogens is 1. The Morgan fingerprint density at radius 3 is 2.32 bits per heavy atom. The van der Waals surface area contributed by atoms with Crippen LogP contribution in [0.25, 0.3) is 11.0 Å². The number of carbonyl (C=O) groups excluding carboxylic acids is 1. The number of amides is 1. The number of rotatable bonds is 2. The fourth-order valence-corrected chi connectivity index (χ4v) is 2.64. The van der Waals surface area contributed by atoms with E-state index in [1.165, 1.54) is 0 Å². The Balaban J connectivity index is 1.72. The van der Waals surface area contributed by atoms with E-state index in [0.29, 0.717) is 0 Å². The molecular weight excluding hydrogens is 264 g/mol. The highest BCUT2D eigenvalue weighted by Gasteiger charge is 2.24. The van der Waals surface area contributed by atoms with Gasteiger partial charge >= 0.3 is 0 Å². The van der Waals surface area contributed by atoms with Gasteiger partial charge < -0.3 is 4.90 Å². The molecule has 1 amide bonds. The maximum Gasteiger partial charge on any atom is 0.237 e. The minimum atomic E-state index is 0.0127. The average Bonchev–Trinajstić information content (AvgIpc) is 2.90. The lowest BCUT2D eigenvalue weighted by atomic mass is 10.1. The molecular formula is C13H15ClN4O. The monoisotopic (exact) mass is 278 g/mol. The Labute approximate surface area is 116 Å². The zero-order valence-electron chi connectivity index (χ0n) is 10.5. The summed E-state index contributed by atoms with van der Waals surface area (Å²) in [5.41, 5.74) is 1.84. The third-order valence-electron chi connectivity index (χ3n) is 3.56. The minimum absolute atomic E-state index is 0.0127. The lowest BCUT2D eigenvalue weighted by Gasteiger charge is -2.30. The molecule has 1 aliphatic heterocycles. The SMILES string of the molecule is O=C(CCl)N1CCC(n2nc3ccccc3n2)CC1. The summed E-state index contributed by atoms with van der Waals surface area (Å²) in [6.07, 6.45) is 1.76. The second-order valence-corrected chi connectivity index (χ2v) is 5.02. The highest BCUT2D eigenvalue weighted by Crippen LogP contribution is 2.22. The van der Waals surface area contributed by atoms with Crippen molar-refractivity contribution in [2.24, 2.45) is 0 Å². The summed E-state index contributed by atoms with van der Waals surface area (Å²) in [4.78, 5) is 15.1. The van der Waals surface area contributed by atoms with Gasteiger partial charge in [-0.05, 0) is 25.0 Å². The molecule has 5 nitrogen and oxygen atoms in total. The van der Waals surface area contributed by atoms with Crippen LogP contribution in [0.5, 0.6) is 0 Å². The van der Waals surface area contributed by atoms with Crippen LogP contribution >= 0.6 is 11.6 Å². The van der Waals surface area contributed by atoms with E-state index >= 15 is 0 Å². The molecule has 2 aromatic rings. The third kappa shape index (κ3) is 2.42. The average molecular weight is 279 g/mol. The van der Waals surface area contributed by atoms with Crippen molar-refractivity contribution in [2.45, 2.75) is 18.9 Å². The van der Waals surface area contributed by atoms with E-state index in [-0.39, 0.29) is 17.8 Å². The number of carbonyl (C=O) groups is 1. The molecule has 0 atom stereocenters. The molecule has 2 heterocycles. The first-order valence-corrected chi connectivity index (χ1v) is 6.96. The fraction of sp³-hybridized carbons (Fsp3) is 0.462. The number of aromatic nitrogens is 3. The Morgan fingerprint density at radius 2 is 1.79 bits per heavy atom. The predicted octanol–water partition coefficient (Wildman–Crippen LogP) is 1.83. The number of nitrogens with zero attached hydrogens (tertiary/aromatic N) is 4. The van der Waals surface area contributed by atoms with Crippen molar-refractivity contribution in [1.82, 2.24) is 19.9 Å². The zero-order chi connectivity index (χ0) is 13.2. The molecule has 1 aliphatic rings. The first-order valence-electron chi connectivity index (χ1n) is 6.43. The number of piperidine rings is 1. The number of hydrogen-bond acceptors (Lipinski definition) is 3. The van der Waals surface area contributed by atoms with Crippen molar-refractivity contribution < 1.29 is 4.79 Å². The van der Waals surface area contributed by atoms with Crippen LogP contribution in [0.4, 0.5) is 0 Å². The Morgan fingerprint density at radius 1 is 1.21 bits per heavy atom. The summed E-state index contributed by atoms with van der Waals surface area (Å²) in [6.45, 7) is 1.46. The van der Waals surface area contributed by atoms with Gasteiger partial charge in [-0.3, -0.25) is 4.79 Å². The molecule has 0 radical (unpaired) electrons. The summed E-state index contributed by atoms with van der Waals surface area (Å²) < 4.78 is 0. The molecule has 0 N–H and O–H groups in total. The second-order valence-electron chi connectivity index (χ2n) is 4.75. The summed E-state index contributed by atoms with van der Waals surface area (Å²) >= 11 is 5.57. The molecule has 1 aromatic heterocycles. The van der Waals surface area contributed by atoms with Crippen molar-refractivity contribution in [2.75, 3.05) is 19.0 Å². The van der Waals surface area contributed by atoms with Gasteiger partial charge in [0.1, 0.15) is 16.9 Å². The number of likely N-dealkylation sites (tertiary alicyclic amines) is 1. The molecule has 1 saturated heterocycles. The maximum absolute atomic E-state index is 11.5. The van der Waals surface area contributed by atoms with Crippen LogP contribution in [0, 0.1) is 0 Å². The van der Waals surface area contributed by atoms with Crippen LogP contribution in [0.1, 0.15) is 18.9 Å². The topological polar surface area (TPSA) is 51.0 Å². The van der Waals surface area contributed by atoms with E-state index in [1.54, 1.807) is 4.80 Å². The van der Waals surface area contributed by atoms with Gasteiger partial charge in [-0.2, -0.15) is 15.0 Å². The van der Waals surface area contributed by atoms with Gasteiger partial charge in [0.25, 0.3) is 0 Å². The Kier molecular flexibility index (Phi) is 3.38. The van der Waals surface area contributed by atoms with E-state index in [9.17, 15) is 4.79 Å². The summed E-state index contributed by atoms with van der Waals surface area (Å²) in [7, 11) is 0. The van der Waals surface area contributed by atoms with Crippen molar-refractivity contribution in [1.29, 1.82) is 0 Å². The van der Waals surface area contributed by atoms with Crippen LogP contribution in [0.15, 0.2) is 24.3 Å². The van der Waals surface area contributed by atoms with E-state index in [1.807, 2.05) is 29.2 Å². The predicted molar refractivity (Wildman–Crippen MR) is 73.1 cm³/mol. The van der Waals surface area contributed by atoms with E-state index in [0.717, 1.165) is 37.0 Å². The van der Waals surface area contributed by atoms with Gasteiger partial charge in [0.05, 0.1) is 6.04 Å². The highest BCUT2D eigenvalue weighted by atomic mass is 35.5. The molecule has 0 aliphatic carbocycles. The van der Waals surface area contributed by atoms with Crippen molar-refractivity contribution in [3.8, 4) is 0 Å². The van der Waals surface area contributed by atoms with Gasteiger partial charge in [0.15, 0.2) is 0 Å². The quantitative estimate of drug-likeness (QED) is 0.788. The second kappa shape index (κ2) is 5.17. The molecule has 100 valence electrons. The van der Waals surface area contributed by atoms with Crippen LogP contribution in [0.3, 0.4) is 0 Å². The van der Waals surface area contributed by atoms with Crippen molar-refractivity contribution in [3.05, 3.63) is 24.3 Å². The summed E-state index contributed by atoms with van der Waals surface area (Å²) in [5.74, 6) is 0.0767. The molecule has 0 unspecified atom stereocenters. The highest BCUT2D eigenvalue weighted by molar-refractivity contribution is 6.27. The normalized spacial score (nSPS) is 17.0. The fourth-order valence-electron chi connectivity index (χ4n) is 2.47. The van der Waals surface area contributed by atoms with E-state index < -0.39 is 0 Å². The van der Waals surface area contributed by atoms with Crippen LogP contribution in [0.2, 0.25) is 0 Å². The molecule has 0 bridgehead atoms. The Bertz CT molecular complexity index is 556. The molecule has 0 spiro atoms. The lowest BCUT2D eigenvalue weighted by molar-refractivity contribution is -0.129. The van der Waals surface area contributed by atoms with Crippen LogP contribution in [-0.4, -0.2) is 44.8 Å². The first-order chi connectivity index (χ1) is 9.28. The molecule has 6 heteroatoms. The molecule has 1 fully saturated rings. The minimum Gasteiger partial charge on any atom is -0.342 e.